The summed E-state index contributed by atoms with van der Waals surface area (Å²) >= 11 is 1.63. The molecule has 0 aliphatic heterocycles. The van der Waals surface area contributed by atoms with Crippen molar-refractivity contribution in [3.05, 3.63) is 82.1 Å². The maximum absolute atomic E-state index is 12.8. The molecule has 4 heterocycles. The Morgan fingerprint density at radius 3 is 2.94 bits per heavy atom. The molecule has 8 heteroatoms. The smallest absolute Gasteiger partial charge is 0.327 e. The quantitative estimate of drug-likeness (QED) is 0.324. The molecule has 5 rings (SSSR count). The number of rotatable bonds is 9. The molecule has 0 saturated heterocycles. The summed E-state index contributed by atoms with van der Waals surface area (Å²) in [7, 11) is 0. The summed E-state index contributed by atoms with van der Waals surface area (Å²) in [5.41, 5.74) is 4.31. The zero-order valence-corrected chi connectivity index (χ0v) is 17.9. The van der Waals surface area contributed by atoms with Crippen LogP contribution in [0.5, 0.6) is 0 Å². The monoisotopic (exact) mass is 432 g/mol. The maximum atomic E-state index is 12.8. The van der Waals surface area contributed by atoms with Crippen LogP contribution in [0.3, 0.4) is 0 Å². The van der Waals surface area contributed by atoms with Gasteiger partial charge in [-0.3, -0.25) is 9.55 Å². The van der Waals surface area contributed by atoms with Gasteiger partial charge in [0.1, 0.15) is 5.82 Å². The number of nitrogens with zero attached hydrogens (tertiary/aromatic N) is 3. The van der Waals surface area contributed by atoms with E-state index in [0.717, 1.165) is 48.5 Å². The van der Waals surface area contributed by atoms with E-state index in [0.29, 0.717) is 6.54 Å². The molecule has 4 aromatic heterocycles. The maximum Gasteiger partial charge on any atom is 0.327 e. The van der Waals surface area contributed by atoms with E-state index in [4.69, 9.17) is 0 Å². The van der Waals surface area contributed by atoms with Gasteiger partial charge in [0.05, 0.1) is 12.0 Å². The molecule has 0 amide bonds. The Balaban J connectivity index is 1.33. The molecule has 0 spiro atoms. The van der Waals surface area contributed by atoms with Gasteiger partial charge in [0, 0.05) is 60.1 Å². The van der Waals surface area contributed by atoms with Crippen LogP contribution in [0.4, 0.5) is 5.82 Å². The number of aromatic nitrogens is 5. The number of benzene rings is 1. The lowest BCUT2D eigenvalue weighted by atomic mass is 10.1. The van der Waals surface area contributed by atoms with E-state index in [1.807, 2.05) is 26.8 Å². The van der Waals surface area contributed by atoms with Crippen molar-refractivity contribution in [3.63, 3.8) is 0 Å². The number of nitrogens with one attached hydrogen (secondary N) is 3. The molecule has 158 valence electrons. The van der Waals surface area contributed by atoms with Gasteiger partial charge < -0.3 is 14.9 Å². The Hall–Kier alpha value is -3.52. The highest BCUT2D eigenvalue weighted by Crippen LogP contribution is 2.28. The molecular weight excluding hydrogens is 408 g/mol. The highest BCUT2D eigenvalue weighted by atomic mass is 32.1. The van der Waals surface area contributed by atoms with Crippen molar-refractivity contribution in [1.29, 1.82) is 0 Å². The van der Waals surface area contributed by atoms with Crippen LogP contribution in [0.15, 0.2) is 70.8 Å². The van der Waals surface area contributed by atoms with Crippen molar-refractivity contribution in [1.82, 2.24) is 24.1 Å². The Morgan fingerprint density at radius 1 is 1.16 bits per heavy atom. The second-order valence-electron chi connectivity index (χ2n) is 7.51. The van der Waals surface area contributed by atoms with Gasteiger partial charge in [-0.25, -0.2) is 9.78 Å². The standard InChI is InChI=1S/C23H24N6OS/c30-23-27-22(25-8-6-17-14-26-20-5-2-1-4-19(17)20)21(18-7-13-31-15-18)29(23)11-3-10-28-12-9-24-16-28/h1-2,4-5,7,9,12-16,25-26H,3,6,8,10-11H2,(H,27,30). The third kappa shape index (κ3) is 4.06. The number of fused-ring (bicyclic) bond motifs is 1. The summed E-state index contributed by atoms with van der Waals surface area (Å²) in [6.07, 6.45) is 9.29. The van der Waals surface area contributed by atoms with Crippen molar-refractivity contribution in [3.8, 4) is 11.3 Å². The van der Waals surface area contributed by atoms with Crippen LogP contribution in [0.2, 0.25) is 0 Å². The summed E-state index contributed by atoms with van der Waals surface area (Å²) in [6, 6.07) is 10.4. The van der Waals surface area contributed by atoms with Gasteiger partial charge >= 0.3 is 5.69 Å². The van der Waals surface area contributed by atoms with E-state index in [2.05, 4.69) is 56.1 Å². The van der Waals surface area contributed by atoms with Gasteiger partial charge in [-0.2, -0.15) is 11.3 Å². The third-order valence-electron chi connectivity index (χ3n) is 5.51. The van der Waals surface area contributed by atoms with E-state index in [1.54, 1.807) is 23.9 Å². The number of anilines is 1. The molecule has 31 heavy (non-hydrogen) atoms. The second-order valence-corrected chi connectivity index (χ2v) is 8.29. The minimum atomic E-state index is -0.0820. The SMILES string of the molecule is O=c1[nH]c(NCCc2c[nH]c3ccccc23)c(-c2ccsc2)n1CCCn1ccnc1. The zero-order valence-electron chi connectivity index (χ0n) is 17.0. The molecular formula is C23H24N6OS. The normalized spacial score (nSPS) is 11.4. The van der Waals surface area contributed by atoms with Crippen molar-refractivity contribution < 1.29 is 0 Å². The molecule has 7 nitrogen and oxygen atoms in total. The topological polar surface area (TPSA) is 83.4 Å². The molecule has 3 N–H and O–H groups in total. The number of thiophene rings is 1. The minimum Gasteiger partial charge on any atom is -0.369 e. The van der Waals surface area contributed by atoms with Crippen LogP contribution in [0.25, 0.3) is 22.2 Å². The van der Waals surface area contributed by atoms with Crippen LogP contribution in [0, 0.1) is 0 Å². The zero-order chi connectivity index (χ0) is 21.0. The van der Waals surface area contributed by atoms with E-state index in [-0.39, 0.29) is 5.69 Å². The average Bonchev–Trinajstić information content (AvgIpc) is 3.57. The number of aryl methyl sites for hydroxylation is 1. The first-order valence-electron chi connectivity index (χ1n) is 10.4. The van der Waals surface area contributed by atoms with Crippen molar-refractivity contribution in [2.75, 3.05) is 11.9 Å². The Morgan fingerprint density at radius 2 is 2.10 bits per heavy atom. The molecule has 0 fully saturated rings. The Kier molecular flexibility index (Phi) is 5.45. The summed E-state index contributed by atoms with van der Waals surface area (Å²) < 4.78 is 3.87. The fraction of sp³-hybridized carbons (Fsp3) is 0.217. The lowest BCUT2D eigenvalue weighted by Crippen LogP contribution is -2.18. The highest BCUT2D eigenvalue weighted by molar-refractivity contribution is 7.08. The largest absolute Gasteiger partial charge is 0.369 e. The van der Waals surface area contributed by atoms with Crippen LogP contribution >= 0.6 is 11.3 Å². The average molecular weight is 433 g/mol. The summed E-state index contributed by atoms with van der Waals surface area (Å²) in [5.74, 6) is 0.783. The van der Waals surface area contributed by atoms with Crippen molar-refractivity contribution in [2.24, 2.45) is 0 Å². The second kappa shape index (κ2) is 8.69. The Bertz CT molecular complexity index is 1310. The molecule has 0 radical (unpaired) electrons. The van der Waals surface area contributed by atoms with E-state index >= 15 is 0 Å². The molecule has 0 atom stereocenters. The Labute approximate surface area is 183 Å². The predicted molar refractivity (Wildman–Crippen MR) is 126 cm³/mol. The van der Waals surface area contributed by atoms with Crippen molar-refractivity contribution in [2.45, 2.75) is 25.9 Å². The van der Waals surface area contributed by atoms with E-state index in [9.17, 15) is 4.79 Å². The van der Waals surface area contributed by atoms with Gasteiger partial charge in [0.2, 0.25) is 0 Å². The molecule has 0 bridgehead atoms. The molecule has 5 aromatic rings. The van der Waals surface area contributed by atoms with E-state index in [1.165, 1.54) is 10.9 Å². The van der Waals surface area contributed by atoms with Gasteiger partial charge in [-0.15, -0.1) is 0 Å². The number of imidazole rings is 2. The van der Waals surface area contributed by atoms with Gasteiger partial charge in [-0.05, 0) is 35.9 Å². The first-order valence-corrected chi connectivity index (χ1v) is 11.3. The van der Waals surface area contributed by atoms with E-state index < -0.39 is 0 Å². The number of aromatic amines is 2. The molecule has 0 aliphatic carbocycles. The van der Waals surface area contributed by atoms with Crippen molar-refractivity contribution >= 4 is 28.1 Å². The lowest BCUT2D eigenvalue weighted by Gasteiger charge is -2.10. The number of para-hydroxylation sites is 1. The number of hydrogen-bond acceptors (Lipinski definition) is 4. The minimum absolute atomic E-state index is 0.0820. The van der Waals surface area contributed by atoms with Gasteiger partial charge in [0.25, 0.3) is 0 Å². The summed E-state index contributed by atoms with van der Waals surface area (Å²) in [6.45, 7) is 2.20. The number of H-pyrrole nitrogens is 2. The summed E-state index contributed by atoms with van der Waals surface area (Å²) in [4.78, 5) is 23.2. The molecule has 0 unspecified atom stereocenters. The van der Waals surface area contributed by atoms with Crippen LogP contribution in [-0.2, 0) is 19.5 Å². The number of hydrogen-bond donors (Lipinski definition) is 3. The fourth-order valence-corrected chi connectivity index (χ4v) is 4.64. The fourth-order valence-electron chi connectivity index (χ4n) is 4.00. The van der Waals surface area contributed by atoms with Gasteiger partial charge in [0.15, 0.2) is 0 Å². The molecule has 0 aliphatic rings. The highest BCUT2D eigenvalue weighted by Gasteiger charge is 2.16. The first-order chi connectivity index (χ1) is 15.3. The molecule has 1 aromatic carbocycles. The van der Waals surface area contributed by atoms with Crippen LogP contribution in [-0.4, -0.2) is 30.6 Å². The van der Waals surface area contributed by atoms with Gasteiger partial charge in [-0.1, -0.05) is 18.2 Å². The van der Waals surface area contributed by atoms with Crippen LogP contribution < -0.4 is 11.0 Å². The predicted octanol–water partition coefficient (Wildman–Crippen LogP) is 4.33. The molecule has 0 saturated carbocycles. The van der Waals surface area contributed by atoms with Crippen LogP contribution in [0.1, 0.15) is 12.0 Å². The lowest BCUT2D eigenvalue weighted by molar-refractivity contribution is 0.557. The third-order valence-corrected chi connectivity index (χ3v) is 6.19. The first kappa shape index (κ1) is 19.4. The summed E-state index contributed by atoms with van der Waals surface area (Å²) in [5, 5.41) is 8.84.